The van der Waals surface area contributed by atoms with Crippen LogP contribution in [0.5, 0.6) is 0 Å². The molecule has 1 aromatic heterocycles. The average Bonchev–Trinajstić information content (AvgIpc) is 2.80. The monoisotopic (exact) mass is 285 g/mol. The second-order valence-corrected chi connectivity index (χ2v) is 6.95. The van der Waals surface area contributed by atoms with Crippen LogP contribution in [0.3, 0.4) is 0 Å². The van der Waals surface area contributed by atoms with Gasteiger partial charge >= 0.3 is 0 Å². The molecule has 110 valence electrons. The fourth-order valence-corrected chi connectivity index (χ4v) is 2.14. The molecule has 1 N–H and O–H groups in total. The minimum Gasteiger partial charge on any atom is -0.432 e. The van der Waals surface area contributed by atoms with Crippen molar-refractivity contribution in [3.8, 4) is 0 Å². The summed E-state index contributed by atoms with van der Waals surface area (Å²) in [6.45, 7) is 9.37. The average molecular weight is 285 g/mol. The van der Waals surface area contributed by atoms with Crippen molar-refractivity contribution in [2.75, 3.05) is 24.0 Å². The molecule has 1 aromatic rings. The van der Waals surface area contributed by atoms with E-state index in [4.69, 9.17) is 4.42 Å². The first-order valence-electron chi connectivity index (χ1n) is 6.74. The van der Waals surface area contributed by atoms with Gasteiger partial charge in [0.05, 0.1) is 5.69 Å². The Morgan fingerprint density at radius 2 is 2.16 bits per heavy atom. The van der Waals surface area contributed by atoms with Crippen molar-refractivity contribution in [1.82, 2.24) is 10.3 Å². The first kappa shape index (κ1) is 16.4. The molecule has 1 unspecified atom stereocenters. The fourth-order valence-electron chi connectivity index (χ4n) is 1.57. The largest absolute Gasteiger partial charge is 0.432 e. The van der Waals surface area contributed by atoms with Gasteiger partial charge in [-0.25, -0.2) is 0 Å². The number of oxazole rings is 1. The highest BCUT2D eigenvalue weighted by atomic mass is 32.2. The Bertz CT molecular complexity index is 373. The molecule has 0 bridgehead atoms. The molecule has 0 aliphatic carbocycles. The molecule has 0 radical (unpaired) electrons. The third-order valence-electron chi connectivity index (χ3n) is 3.04. The van der Waals surface area contributed by atoms with Crippen molar-refractivity contribution in [1.29, 1.82) is 0 Å². The van der Waals surface area contributed by atoms with Gasteiger partial charge in [0.1, 0.15) is 6.26 Å². The first-order chi connectivity index (χ1) is 8.83. The maximum absolute atomic E-state index is 5.56. The van der Waals surface area contributed by atoms with Gasteiger partial charge in [-0.15, -0.1) is 0 Å². The number of rotatable bonds is 7. The molecule has 19 heavy (non-hydrogen) atoms. The summed E-state index contributed by atoms with van der Waals surface area (Å²) in [4.78, 5) is 6.64. The van der Waals surface area contributed by atoms with Gasteiger partial charge in [0.2, 0.25) is 0 Å². The minimum absolute atomic E-state index is 0.0939. The molecule has 0 saturated carbocycles. The summed E-state index contributed by atoms with van der Waals surface area (Å²) < 4.78 is 5.56. The lowest BCUT2D eigenvalue weighted by molar-refractivity contribution is 0.421. The predicted octanol–water partition coefficient (Wildman–Crippen LogP) is 3.14. The molecule has 1 rings (SSSR count). The lowest BCUT2D eigenvalue weighted by atomic mass is 10.1. The summed E-state index contributed by atoms with van der Waals surface area (Å²) in [7, 11) is 2.04. The van der Waals surface area contributed by atoms with Crippen molar-refractivity contribution >= 4 is 17.8 Å². The van der Waals surface area contributed by atoms with Crippen molar-refractivity contribution < 1.29 is 4.42 Å². The molecule has 0 aliphatic heterocycles. The number of thioether (sulfide) groups is 1. The number of aromatic nitrogens is 1. The minimum atomic E-state index is 0.0939. The van der Waals surface area contributed by atoms with E-state index in [9.17, 15) is 0 Å². The number of hydrogen-bond donors (Lipinski definition) is 1. The molecular formula is C14H27N3OS. The molecular weight excluding hydrogens is 258 g/mol. The van der Waals surface area contributed by atoms with Crippen LogP contribution in [-0.4, -0.2) is 35.6 Å². The summed E-state index contributed by atoms with van der Waals surface area (Å²) in [6.07, 6.45) is 5.01. The lowest BCUT2D eigenvalue weighted by Gasteiger charge is -2.22. The van der Waals surface area contributed by atoms with Gasteiger partial charge in [-0.1, -0.05) is 0 Å². The Kier molecular flexibility index (Phi) is 6.20. The van der Waals surface area contributed by atoms with Gasteiger partial charge in [-0.2, -0.15) is 16.7 Å². The van der Waals surface area contributed by atoms with E-state index in [1.54, 1.807) is 6.26 Å². The van der Waals surface area contributed by atoms with Crippen molar-refractivity contribution in [2.24, 2.45) is 0 Å². The Balaban J connectivity index is 2.53. The number of hydrogen-bond acceptors (Lipinski definition) is 5. The zero-order chi connectivity index (χ0) is 14.5. The molecule has 0 fully saturated rings. The van der Waals surface area contributed by atoms with Gasteiger partial charge in [0, 0.05) is 25.2 Å². The van der Waals surface area contributed by atoms with Crippen molar-refractivity contribution in [3.05, 3.63) is 12.0 Å². The quantitative estimate of drug-likeness (QED) is 0.833. The molecule has 1 atom stereocenters. The number of nitrogens with zero attached hydrogens (tertiary/aromatic N) is 2. The zero-order valence-electron chi connectivity index (χ0n) is 13.0. The summed E-state index contributed by atoms with van der Waals surface area (Å²) in [5.41, 5.74) is 1.05. The SMILES string of the molecule is CSCCC(C)N(C)c1nc(CNC(C)(C)C)co1. The highest BCUT2D eigenvalue weighted by Crippen LogP contribution is 2.17. The third-order valence-corrected chi connectivity index (χ3v) is 3.69. The van der Waals surface area contributed by atoms with Crippen LogP contribution in [0.25, 0.3) is 0 Å². The second-order valence-electron chi connectivity index (χ2n) is 5.97. The highest BCUT2D eigenvalue weighted by molar-refractivity contribution is 7.98. The van der Waals surface area contributed by atoms with Crippen LogP contribution in [0.1, 0.15) is 39.8 Å². The normalized spacial score (nSPS) is 13.6. The van der Waals surface area contributed by atoms with Crippen LogP contribution in [0.4, 0.5) is 6.01 Å². The fraction of sp³-hybridized carbons (Fsp3) is 0.786. The first-order valence-corrected chi connectivity index (χ1v) is 8.14. The van der Waals surface area contributed by atoms with E-state index in [0.717, 1.165) is 24.4 Å². The smallest absolute Gasteiger partial charge is 0.297 e. The Hall–Kier alpha value is -0.680. The topological polar surface area (TPSA) is 41.3 Å². The molecule has 0 amide bonds. The molecule has 4 nitrogen and oxygen atoms in total. The summed E-state index contributed by atoms with van der Waals surface area (Å²) >= 11 is 1.87. The summed E-state index contributed by atoms with van der Waals surface area (Å²) in [6, 6.07) is 1.15. The molecule has 0 aromatic carbocycles. The van der Waals surface area contributed by atoms with E-state index < -0.39 is 0 Å². The van der Waals surface area contributed by atoms with Crippen LogP contribution < -0.4 is 10.2 Å². The van der Waals surface area contributed by atoms with Crippen molar-refractivity contribution in [3.63, 3.8) is 0 Å². The van der Waals surface area contributed by atoms with E-state index in [0.29, 0.717) is 12.1 Å². The summed E-state index contributed by atoms with van der Waals surface area (Å²) in [5.74, 6) is 1.16. The van der Waals surface area contributed by atoms with Crippen LogP contribution in [0.15, 0.2) is 10.7 Å². The lowest BCUT2D eigenvalue weighted by Crippen LogP contribution is -2.35. The van der Waals surface area contributed by atoms with Crippen LogP contribution in [-0.2, 0) is 6.54 Å². The van der Waals surface area contributed by atoms with E-state index in [2.05, 4.69) is 49.2 Å². The van der Waals surface area contributed by atoms with E-state index >= 15 is 0 Å². The van der Waals surface area contributed by atoms with E-state index in [-0.39, 0.29) is 5.54 Å². The van der Waals surface area contributed by atoms with E-state index in [1.165, 1.54) is 0 Å². The molecule has 1 heterocycles. The Morgan fingerprint density at radius 1 is 1.47 bits per heavy atom. The molecule has 5 heteroatoms. The zero-order valence-corrected chi connectivity index (χ0v) is 13.8. The van der Waals surface area contributed by atoms with Crippen LogP contribution >= 0.6 is 11.8 Å². The third kappa shape index (κ3) is 5.87. The highest BCUT2D eigenvalue weighted by Gasteiger charge is 2.16. The Labute approximate surface area is 121 Å². The van der Waals surface area contributed by atoms with Gasteiger partial charge in [-0.05, 0) is 46.1 Å². The predicted molar refractivity (Wildman–Crippen MR) is 84.0 cm³/mol. The number of anilines is 1. The Morgan fingerprint density at radius 3 is 2.74 bits per heavy atom. The van der Waals surface area contributed by atoms with Gasteiger partial charge in [-0.3, -0.25) is 0 Å². The second kappa shape index (κ2) is 7.20. The van der Waals surface area contributed by atoms with Crippen LogP contribution in [0, 0.1) is 0 Å². The van der Waals surface area contributed by atoms with Crippen LogP contribution in [0.2, 0.25) is 0 Å². The van der Waals surface area contributed by atoms with Gasteiger partial charge in [0.15, 0.2) is 0 Å². The number of nitrogens with one attached hydrogen (secondary N) is 1. The molecule has 0 spiro atoms. The maximum atomic E-state index is 5.56. The van der Waals surface area contributed by atoms with Gasteiger partial charge in [0.25, 0.3) is 6.01 Å². The van der Waals surface area contributed by atoms with Gasteiger partial charge < -0.3 is 14.6 Å². The molecule has 0 aliphatic rings. The van der Waals surface area contributed by atoms with E-state index in [1.807, 2.05) is 18.8 Å². The standard InChI is InChI=1S/C14H27N3OS/c1-11(7-8-19-6)17(5)13-16-12(10-18-13)9-15-14(2,3)4/h10-11,15H,7-9H2,1-6H3. The summed E-state index contributed by atoms with van der Waals surface area (Å²) in [5, 5.41) is 3.41. The maximum Gasteiger partial charge on any atom is 0.297 e. The van der Waals surface area contributed by atoms with Crippen molar-refractivity contribution in [2.45, 2.75) is 52.2 Å². The molecule has 0 saturated heterocycles.